The molecule has 3 rings (SSSR count). The first kappa shape index (κ1) is 16.4. The normalized spacial score (nSPS) is 12.1. The standard InChI is InChI=1S/C18H17FN2O2S/c1-11-15(12(2)23-21-11)10-17(22)20-18(16-4-3-9-24-16)13-5-7-14(19)8-6-13/h3-9,18H,10H2,1-2H3,(H,20,22)/t18-/m1/s1. The van der Waals surface area contributed by atoms with Gasteiger partial charge in [-0.25, -0.2) is 4.39 Å². The summed E-state index contributed by atoms with van der Waals surface area (Å²) in [7, 11) is 0. The molecule has 0 aliphatic carbocycles. The van der Waals surface area contributed by atoms with Crippen molar-refractivity contribution in [3.05, 3.63) is 75.1 Å². The van der Waals surface area contributed by atoms with Gasteiger partial charge in [-0.1, -0.05) is 23.4 Å². The minimum atomic E-state index is -0.307. The van der Waals surface area contributed by atoms with Gasteiger partial charge in [0.05, 0.1) is 18.2 Å². The van der Waals surface area contributed by atoms with Crippen LogP contribution in [0, 0.1) is 19.7 Å². The third kappa shape index (κ3) is 3.54. The van der Waals surface area contributed by atoms with Gasteiger partial charge in [0, 0.05) is 10.4 Å². The second kappa shape index (κ2) is 6.97. The third-order valence-corrected chi connectivity index (χ3v) is 4.79. The maximum atomic E-state index is 13.2. The Morgan fingerprint density at radius 2 is 2.04 bits per heavy atom. The van der Waals surface area contributed by atoms with Gasteiger partial charge in [-0.3, -0.25) is 4.79 Å². The topological polar surface area (TPSA) is 55.1 Å². The molecule has 3 aromatic rings. The predicted molar refractivity (Wildman–Crippen MR) is 90.4 cm³/mol. The second-order valence-corrected chi connectivity index (χ2v) is 6.53. The average molecular weight is 344 g/mol. The molecule has 0 fully saturated rings. The number of hydrogen-bond acceptors (Lipinski definition) is 4. The van der Waals surface area contributed by atoms with Crippen LogP contribution < -0.4 is 5.32 Å². The van der Waals surface area contributed by atoms with Crippen LogP contribution in [-0.2, 0) is 11.2 Å². The molecule has 0 aliphatic heterocycles. The molecule has 24 heavy (non-hydrogen) atoms. The van der Waals surface area contributed by atoms with Gasteiger partial charge >= 0.3 is 0 Å². The minimum absolute atomic E-state index is 0.132. The quantitative estimate of drug-likeness (QED) is 0.763. The summed E-state index contributed by atoms with van der Waals surface area (Å²) in [6, 6.07) is 9.75. The fourth-order valence-electron chi connectivity index (χ4n) is 2.56. The molecule has 0 bridgehead atoms. The van der Waals surface area contributed by atoms with E-state index in [1.807, 2.05) is 24.4 Å². The maximum absolute atomic E-state index is 13.2. The van der Waals surface area contributed by atoms with Crippen molar-refractivity contribution in [2.75, 3.05) is 0 Å². The molecule has 124 valence electrons. The number of rotatable bonds is 5. The Labute approximate surface area is 143 Å². The van der Waals surface area contributed by atoms with Gasteiger partial charge < -0.3 is 9.84 Å². The Bertz CT molecular complexity index is 806. The Kier molecular flexibility index (Phi) is 4.76. The largest absolute Gasteiger partial charge is 0.361 e. The minimum Gasteiger partial charge on any atom is -0.361 e. The van der Waals surface area contributed by atoms with Gasteiger partial charge in [-0.15, -0.1) is 11.3 Å². The van der Waals surface area contributed by atoms with E-state index < -0.39 is 0 Å². The van der Waals surface area contributed by atoms with Crippen LogP contribution >= 0.6 is 11.3 Å². The first-order chi connectivity index (χ1) is 11.5. The molecule has 0 radical (unpaired) electrons. The SMILES string of the molecule is Cc1noc(C)c1CC(=O)N[C@H](c1ccc(F)cc1)c1cccs1. The fraction of sp³-hybridized carbons (Fsp3) is 0.222. The summed E-state index contributed by atoms with van der Waals surface area (Å²) >= 11 is 1.55. The number of halogens is 1. The Balaban J connectivity index is 1.82. The summed E-state index contributed by atoms with van der Waals surface area (Å²) in [5, 5.41) is 8.85. The summed E-state index contributed by atoms with van der Waals surface area (Å²) < 4.78 is 18.3. The summed E-state index contributed by atoms with van der Waals surface area (Å²) in [5.41, 5.74) is 2.36. The summed E-state index contributed by atoms with van der Waals surface area (Å²) in [5.74, 6) is 0.218. The first-order valence-corrected chi connectivity index (χ1v) is 8.42. The fourth-order valence-corrected chi connectivity index (χ4v) is 3.36. The number of aryl methyl sites for hydroxylation is 2. The summed E-state index contributed by atoms with van der Waals surface area (Å²) in [6.45, 7) is 3.61. The van der Waals surface area contributed by atoms with Gasteiger partial charge in [0.2, 0.25) is 5.91 Å². The number of nitrogens with zero attached hydrogens (tertiary/aromatic N) is 1. The van der Waals surface area contributed by atoms with E-state index >= 15 is 0 Å². The van der Waals surface area contributed by atoms with E-state index in [1.165, 1.54) is 12.1 Å². The molecule has 2 aromatic heterocycles. The number of aromatic nitrogens is 1. The van der Waals surface area contributed by atoms with Crippen molar-refractivity contribution in [3.63, 3.8) is 0 Å². The Morgan fingerprint density at radius 3 is 2.62 bits per heavy atom. The highest BCUT2D eigenvalue weighted by molar-refractivity contribution is 7.10. The average Bonchev–Trinajstić information content (AvgIpc) is 3.19. The van der Waals surface area contributed by atoms with E-state index in [0.717, 1.165) is 21.7 Å². The molecular formula is C18H17FN2O2S. The molecule has 0 saturated heterocycles. The Morgan fingerprint density at radius 1 is 1.29 bits per heavy atom. The van der Waals surface area contributed by atoms with Gasteiger partial charge in [-0.2, -0.15) is 0 Å². The van der Waals surface area contributed by atoms with Crippen molar-refractivity contribution in [2.45, 2.75) is 26.3 Å². The molecule has 1 atom stereocenters. The van der Waals surface area contributed by atoms with Crippen LogP contribution in [0.15, 0.2) is 46.3 Å². The van der Waals surface area contributed by atoms with Gasteiger partial charge in [0.1, 0.15) is 11.6 Å². The number of carbonyl (C=O) groups is 1. The van der Waals surface area contributed by atoms with Crippen molar-refractivity contribution in [1.82, 2.24) is 10.5 Å². The molecule has 2 heterocycles. The number of nitrogens with one attached hydrogen (secondary N) is 1. The van der Waals surface area contributed by atoms with Crippen LogP contribution in [0.3, 0.4) is 0 Å². The zero-order valence-electron chi connectivity index (χ0n) is 13.4. The van der Waals surface area contributed by atoms with Crippen LogP contribution in [0.1, 0.15) is 33.5 Å². The highest BCUT2D eigenvalue weighted by Gasteiger charge is 2.20. The highest BCUT2D eigenvalue weighted by Crippen LogP contribution is 2.26. The molecule has 1 aromatic carbocycles. The van der Waals surface area contributed by atoms with Crippen LogP contribution in [0.4, 0.5) is 4.39 Å². The molecule has 4 nitrogen and oxygen atoms in total. The predicted octanol–water partition coefficient (Wildman–Crippen LogP) is 3.94. The maximum Gasteiger partial charge on any atom is 0.225 e. The third-order valence-electron chi connectivity index (χ3n) is 3.85. The van der Waals surface area contributed by atoms with Crippen molar-refractivity contribution >= 4 is 17.2 Å². The van der Waals surface area contributed by atoms with E-state index in [0.29, 0.717) is 5.76 Å². The lowest BCUT2D eigenvalue weighted by molar-refractivity contribution is -0.120. The van der Waals surface area contributed by atoms with E-state index in [4.69, 9.17) is 4.52 Å². The molecule has 0 saturated carbocycles. The van der Waals surface area contributed by atoms with Gasteiger partial charge in [-0.05, 0) is 43.0 Å². The monoisotopic (exact) mass is 344 g/mol. The number of benzene rings is 1. The molecule has 0 aliphatic rings. The number of carbonyl (C=O) groups excluding carboxylic acids is 1. The van der Waals surface area contributed by atoms with Crippen molar-refractivity contribution in [3.8, 4) is 0 Å². The van der Waals surface area contributed by atoms with E-state index in [9.17, 15) is 9.18 Å². The van der Waals surface area contributed by atoms with Crippen LogP contribution in [-0.4, -0.2) is 11.1 Å². The lowest BCUT2D eigenvalue weighted by atomic mass is 10.0. The van der Waals surface area contributed by atoms with E-state index in [1.54, 1.807) is 30.4 Å². The van der Waals surface area contributed by atoms with Crippen LogP contribution in [0.25, 0.3) is 0 Å². The van der Waals surface area contributed by atoms with Gasteiger partial charge in [0.15, 0.2) is 0 Å². The molecule has 6 heteroatoms. The molecule has 1 amide bonds. The van der Waals surface area contributed by atoms with Gasteiger partial charge in [0.25, 0.3) is 0 Å². The first-order valence-electron chi connectivity index (χ1n) is 7.54. The Hall–Kier alpha value is -2.47. The molecule has 0 unspecified atom stereocenters. The molecular weight excluding hydrogens is 327 g/mol. The second-order valence-electron chi connectivity index (χ2n) is 5.55. The van der Waals surface area contributed by atoms with E-state index in [2.05, 4.69) is 10.5 Å². The summed E-state index contributed by atoms with van der Waals surface area (Å²) in [4.78, 5) is 13.5. The van der Waals surface area contributed by atoms with Crippen molar-refractivity contribution in [1.29, 1.82) is 0 Å². The zero-order valence-corrected chi connectivity index (χ0v) is 14.2. The van der Waals surface area contributed by atoms with Crippen molar-refractivity contribution < 1.29 is 13.7 Å². The highest BCUT2D eigenvalue weighted by atomic mass is 32.1. The number of hydrogen-bond donors (Lipinski definition) is 1. The lowest BCUT2D eigenvalue weighted by Gasteiger charge is -2.18. The molecule has 0 spiro atoms. The number of thiophene rings is 1. The van der Waals surface area contributed by atoms with Crippen LogP contribution in [0.2, 0.25) is 0 Å². The van der Waals surface area contributed by atoms with Crippen LogP contribution in [0.5, 0.6) is 0 Å². The smallest absolute Gasteiger partial charge is 0.225 e. The number of amides is 1. The summed E-state index contributed by atoms with van der Waals surface area (Å²) in [6.07, 6.45) is 0.199. The lowest BCUT2D eigenvalue weighted by Crippen LogP contribution is -2.30. The zero-order chi connectivity index (χ0) is 17.1. The van der Waals surface area contributed by atoms with Crippen molar-refractivity contribution in [2.24, 2.45) is 0 Å². The van der Waals surface area contributed by atoms with E-state index in [-0.39, 0.29) is 24.2 Å². The molecule has 1 N–H and O–H groups in total.